The van der Waals surface area contributed by atoms with Crippen molar-refractivity contribution in [2.75, 3.05) is 27.3 Å². The number of terminal acetylenes is 1. The van der Waals surface area contributed by atoms with Crippen LogP contribution in [0.2, 0.25) is 4.34 Å². The fraction of sp³-hybridized carbons (Fsp3) is 0.364. The highest BCUT2D eigenvalue weighted by molar-refractivity contribution is 7.91. The Morgan fingerprint density at radius 3 is 2.62 bits per heavy atom. The summed E-state index contributed by atoms with van der Waals surface area (Å²) in [4.78, 5) is 18.0. The number of thiophene rings is 1. The number of methoxy groups -OCH3 is 2. The fourth-order valence-electron chi connectivity index (χ4n) is 3.89. The fourth-order valence-corrected chi connectivity index (χ4v) is 8.19. The van der Waals surface area contributed by atoms with E-state index in [4.69, 9.17) is 27.5 Å². The van der Waals surface area contributed by atoms with Crippen LogP contribution in [0.4, 0.5) is 0 Å². The second-order valence-corrected chi connectivity index (χ2v) is 12.4. The molecule has 34 heavy (non-hydrogen) atoms. The number of rotatable bonds is 6. The second-order valence-electron chi connectivity index (χ2n) is 7.53. The van der Waals surface area contributed by atoms with Gasteiger partial charge in [-0.1, -0.05) is 28.9 Å². The molecule has 1 aromatic carbocycles. The van der Waals surface area contributed by atoms with Gasteiger partial charge in [0.25, 0.3) is 15.9 Å². The Bertz CT molecular complexity index is 1450. The molecule has 12 heteroatoms. The number of sulfonamides is 1. The Hall–Kier alpha value is -2.36. The van der Waals surface area contributed by atoms with Crippen molar-refractivity contribution in [2.24, 2.45) is 10.9 Å². The zero-order valence-electron chi connectivity index (χ0n) is 18.5. The summed E-state index contributed by atoms with van der Waals surface area (Å²) in [5.41, 5.74) is 0.693. The maximum Gasteiger partial charge on any atom is 0.252 e. The number of aromatic nitrogens is 1. The lowest BCUT2D eigenvalue weighted by atomic mass is 9.99. The molecule has 1 aliphatic rings. The largest absolute Gasteiger partial charge is 0.495 e. The number of halogens is 1. The number of fused-ring (bicyclic) bond motifs is 1. The van der Waals surface area contributed by atoms with Crippen molar-refractivity contribution in [2.45, 2.75) is 23.6 Å². The minimum absolute atomic E-state index is 0.0624. The first-order chi connectivity index (χ1) is 16.3. The van der Waals surface area contributed by atoms with Crippen LogP contribution in [0, 0.1) is 18.3 Å². The van der Waals surface area contributed by atoms with Gasteiger partial charge in [0, 0.05) is 13.1 Å². The molecule has 1 amide bonds. The number of amides is 1. The monoisotopic (exact) mass is 539 g/mol. The number of thiazole rings is 1. The maximum atomic E-state index is 13.2. The van der Waals surface area contributed by atoms with Gasteiger partial charge in [0.1, 0.15) is 25.9 Å². The van der Waals surface area contributed by atoms with Gasteiger partial charge in [-0.25, -0.2) is 8.42 Å². The van der Waals surface area contributed by atoms with Gasteiger partial charge < -0.3 is 14.0 Å². The Morgan fingerprint density at radius 1 is 1.24 bits per heavy atom. The number of nitrogens with zero attached hydrogens (tertiary/aromatic N) is 3. The van der Waals surface area contributed by atoms with E-state index in [2.05, 4.69) is 10.9 Å². The number of carbonyl (C=O) groups excluding carboxylic acids is 1. The summed E-state index contributed by atoms with van der Waals surface area (Å²) in [6, 6.07) is 6.59. The van der Waals surface area contributed by atoms with Gasteiger partial charge in [0.2, 0.25) is 0 Å². The lowest BCUT2D eigenvalue weighted by molar-refractivity contribution is -0.122. The van der Waals surface area contributed by atoms with Gasteiger partial charge in [0.05, 0.1) is 31.0 Å². The molecule has 1 aliphatic heterocycles. The average Bonchev–Trinajstić information content (AvgIpc) is 3.43. The molecule has 0 radical (unpaired) electrons. The third kappa shape index (κ3) is 4.61. The van der Waals surface area contributed by atoms with E-state index in [1.165, 1.54) is 21.7 Å². The number of benzene rings is 1. The normalized spacial score (nSPS) is 17.6. The number of piperidine rings is 1. The van der Waals surface area contributed by atoms with E-state index in [1.807, 2.05) is 0 Å². The van der Waals surface area contributed by atoms with Crippen LogP contribution in [-0.4, -0.2) is 50.5 Å². The summed E-state index contributed by atoms with van der Waals surface area (Å²) in [6.07, 6.45) is 6.70. The molecule has 3 aromatic rings. The molecule has 180 valence electrons. The van der Waals surface area contributed by atoms with Crippen molar-refractivity contribution in [3.05, 3.63) is 33.4 Å². The molecule has 0 saturated carbocycles. The topological polar surface area (TPSA) is 90.2 Å². The van der Waals surface area contributed by atoms with Crippen molar-refractivity contribution in [1.29, 1.82) is 0 Å². The van der Waals surface area contributed by atoms with Crippen LogP contribution in [0.1, 0.15) is 12.8 Å². The highest BCUT2D eigenvalue weighted by Gasteiger charge is 2.34. The Kier molecular flexibility index (Phi) is 7.35. The first-order valence-electron chi connectivity index (χ1n) is 10.3. The molecule has 0 aliphatic carbocycles. The predicted octanol–water partition coefficient (Wildman–Crippen LogP) is 3.60. The summed E-state index contributed by atoms with van der Waals surface area (Å²) in [6.45, 7) is 0.586. The van der Waals surface area contributed by atoms with Crippen LogP contribution in [-0.2, 0) is 21.4 Å². The molecular formula is C22H22ClN3O5S3. The average molecular weight is 540 g/mol. The Labute approximate surface area is 210 Å². The van der Waals surface area contributed by atoms with Crippen LogP contribution >= 0.6 is 34.3 Å². The second kappa shape index (κ2) is 10.1. The highest BCUT2D eigenvalue weighted by Crippen LogP contribution is 2.35. The lowest BCUT2D eigenvalue weighted by Crippen LogP contribution is -2.42. The van der Waals surface area contributed by atoms with E-state index in [9.17, 15) is 13.2 Å². The predicted molar refractivity (Wildman–Crippen MR) is 133 cm³/mol. The number of ether oxygens (including phenoxy) is 2. The minimum atomic E-state index is -3.72. The zero-order valence-corrected chi connectivity index (χ0v) is 21.7. The van der Waals surface area contributed by atoms with Crippen molar-refractivity contribution in [3.63, 3.8) is 0 Å². The van der Waals surface area contributed by atoms with Crippen LogP contribution in [0.15, 0.2) is 33.5 Å². The van der Waals surface area contributed by atoms with Gasteiger partial charge in [-0.2, -0.15) is 9.30 Å². The van der Waals surface area contributed by atoms with E-state index in [0.717, 1.165) is 16.0 Å². The SMILES string of the molecule is C#CCn1c(=NC(=O)C2CCCN(S(=O)(=O)c3ccc(Cl)s3)C2)sc2c(OC)ccc(OC)c21. The number of hydrogen-bond donors (Lipinski definition) is 0. The summed E-state index contributed by atoms with van der Waals surface area (Å²) >= 11 is 8.20. The molecule has 0 bridgehead atoms. The summed E-state index contributed by atoms with van der Waals surface area (Å²) in [7, 11) is -0.608. The first-order valence-corrected chi connectivity index (χ1v) is 13.8. The van der Waals surface area contributed by atoms with Gasteiger partial charge in [-0.05, 0) is 37.1 Å². The quantitative estimate of drug-likeness (QED) is 0.446. The van der Waals surface area contributed by atoms with Gasteiger partial charge in [0.15, 0.2) is 4.80 Å². The molecular weight excluding hydrogens is 518 g/mol. The smallest absolute Gasteiger partial charge is 0.252 e. The third-order valence-electron chi connectivity index (χ3n) is 5.52. The molecule has 1 atom stereocenters. The molecule has 2 aromatic heterocycles. The summed E-state index contributed by atoms with van der Waals surface area (Å²) in [5.74, 6) is 2.84. The number of carbonyl (C=O) groups is 1. The standard InChI is InChI=1S/C22H22ClN3O5S3/c1-4-11-26-19-15(30-2)7-8-16(31-3)20(19)33-22(26)24-21(27)14-6-5-12-25(13-14)34(28,29)18-10-9-17(23)32-18/h1,7-10,14H,5-6,11-13H2,2-3H3. The zero-order chi connectivity index (χ0) is 24.5. The Morgan fingerprint density at radius 2 is 1.97 bits per heavy atom. The van der Waals surface area contributed by atoms with Gasteiger partial charge >= 0.3 is 0 Å². The summed E-state index contributed by atoms with van der Waals surface area (Å²) < 4.78 is 41.4. The lowest BCUT2D eigenvalue weighted by Gasteiger charge is -2.29. The molecule has 3 heterocycles. The molecule has 0 spiro atoms. The number of hydrogen-bond acceptors (Lipinski definition) is 7. The molecule has 0 N–H and O–H groups in total. The van der Waals surface area contributed by atoms with E-state index in [0.29, 0.717) is 45.5 Å². The molecule has 8 nitrogen and oxygen atoms in total. The van der Waals surface area contributed by atoms with E-state index >= 15 is 0 Å². The third-order valence-corrected chi connectivity index (χ3v) is 10.2. The van der Waals surface area contributed by atoms with Crippen molar-refractivity contribution in [1.82, 2.24) is 8.87 Å². The van der Waals surface area contributed by atoms with E-state index in [1.54, 1.807) is 37.0 Å². The minimum Gasteiger partial charge on any atom is -0.495 e. The maximum absolute atomic E-state index is 13.2. The first kappa shape index (κ1) is 24.8. The van der Waals surface area contributed by atoms with Crippen LogP contribution in [0.3, 0.4) is 0 Å². The highest BCUT2D eigenvalue weighted by atomic mass is 35.5. The molecule has 4 rings (SSSR count). The van der Waals surface area contributed by atoms with Crippen molar-refractivity contribution in [3.8, 4) is 23.8 Å². The van der Waals surface area contributed by atoms with Crippen LogP contribution in [0.5, 0.6) is 11.5 Å². The molecule has 1 fully saturated rings. The Balaban J connectivity index is 1.70. The summed E-state index contributed by atoms with van der Waals surface area (Å²) in [5, 5.41) is 0. The van der Waals surface area contributed by atoms with Gasteiger partial charge in [-0.15, -0.1) is 17.8 Å². The van der Waals surface area contributed by atoms with Crippen LogP contribution in [0.25, 0.3) is 10.2 Å². The van der Waals surface area contributed by atoms with Crippen LogP contribution < -0.4 is 14.3 Å². The molecule has 1 unspecified atom stereocenters. The van der Waals surface area contributed by atoms with E-state index in [-0.39, 0.29) is 23.2 Å². The molecule has 1 saturated heterocycles. The van der Waals surface area contributed by atoms with Crippen molar-refractivity contribution >= 4 is 60.4 Å². The van der Waals surface area contributed by atoms with Crippen molar-refractivity contribution < 1.29 is 22.7 Å². The van der Waals surface area contributed by atoms with Gasteiger partial charge in [-0.3, -0.25) is 4.79 Å². The van der Waals surface area contributed by atoms with E-state index < -0.39 is 15.9 Å².